The molecule has 1 rings (SSSR count). The van der Waals surface area contributed by atoms with E-state index in [1.165, 1.54) is 12.8 Å². The van der Waals surface area contributed by atoms with Gasteiger partial charge in [0.2, 0.25) is 0 Å². The van der Waals surface area contributed by atoms with Crippen LogP contribution in [0.2, 0.25) is 0 Å². The maximum Gasteiger partial charge on any atom is 0.166 e. The van der Waals surface area contributed by atoms with Crippen molar-refractivity contribution in [2.24, 2.45) is 0 Å². The summed E-state index contributed by atoms with van der Waals surface area (Å²) >= 11 is 5.10. The number of hydrogen-bond donors (Lipinski definition) is 2. The lowest BCUT2D eigenvalue weighted by Crippen LogP contribution is -2.42. The van der Waals surface area contributed by atoms with Crippen LogP contribution < -0.4 is 10.6 Å². The van der Waals surface area contributed by atoms with Crippen LogP contribution in [0, 0.1) is 0 Å². The summed E-state index contributed by atoms with van der Waals surface area (Å²) in [6.45, 7) is 2.05. The molecule has 16 heavy (non-hydrogen) atoms. The zero-order valence-electron chi connectivity index (χ0n) is 9.66. The Morgan fingerprint density at radius 3 is 2.56 bits per heavy atom. The second-order valence-corrected chi connectivity index (χ2v) is 7.00. The molecular formula is C10H20N2O2S2. The van der Waals surface area contributed by atoms with Gasteiger partial charge in [-0.25, -0.2) is 8.42 Å². The molecular weight excluding hydrogens is 244 g/mol. The standard InChI is InChI=1S/C10H20N2O2S2/c1-2-16(13,14)8-7-11-10(15)12-9-5-3-4-6-9/h9H,2-8H2,1H3,(H2,11,12,15). The van der Waals surface area contributed by atoms with Crippen molar-refractivity contribution < 1.29 is 8.42 Å². The molecule has 1 fully saturated rings. The van der Waals surface area contributed by atoms with Crippen LogP contribution in [0.25, 0.3) is 0 Å². The Balaban J connectivity index is 2.15. The van der Waals surface area contributed by atoms with E-state index in [-0.39, 0.29) is 11.5 Å². The molecule has 1 aliphatic carbocycles. The monoisotopic (exact) mass is 264 g/mol. The van der Waals surface area contributed by atoms with Crippen molar-refractivity contribution in [2.45, 2.75) is 38.6 Å². The molecule has 0 spiro atoms. The van der Waals surface area contributed by atoms with E-state index in [1.807, 2.05) is 0 Å². The topological polar surface area (TPSA) is 58.2 Å². The number of rotatable bonds is 5. The van der Waals surface area contributed by atoms with Crippen molar-refractivity contribution >= 4 is 27.2 Å². The van der Waals surface area contributed by atoms with Gasteiger partial charge in [-0.2, -0.15) is 0 Å². The molecule has 0 aliphatic heterocycles. The molecule has 0 atom stereocenters. The summed E-state index contributed by atoms with van der Waals surface area (Å²) in [5.41, 5.74) is 0. The first-order valence-corrected chi connectivity index (χ1v) is 8.01. The van der Waals surface area contributed by atoms with Crippen LogP contribution in [0.4, 0.5) is 0 Å². The minimum absolute atomic E-state index is 0.149. The van der Waals surface area contributed by atoms with E-state index in [0.717, 1.165) is 12.8 Å². The maximum atomic E-state index is 11.2. The third-order valence-electron chi connectivity index (χ3n) is 2.83. The fraction of sp³-hybridized carbons (Fsp3) is 0.900. The highest BCUT2D eigenvalue weighted by Gasteiger charge is 2.15. The summed E-state index contributed by atoms with van der Waals surface area (Å²) in [7, 11) is -2.89. The normalized spacial score (nSPS) is 17.3. The predicted molar refractivity (Wildman–Crippen MR) is 70.3 cm³/mol. The van der Waals surface area contributed by atoms with E-state index in [2.05, 4.69) is 10.6 Å². The molecule has 0 heterocycles. The van der Waals surface area contributed by atoms with E-state index in [1.54, 1.807) is 6.92 Å². The van der Waals surface area contributed by atoms with Gasteiger partial charge < -0.3 is 10.6 Å². The number of nitrogens with one attached hydrogen (secondary N) is 2. The summed E-state index contributed by atoms with van der Waals surface area (Å²) in [6.07, 6.45) is 4.83. The molecule has 6 heteroatoms. The first kappa shape index (κ1) is 13.7. The number of hydrogen-bond acceptors (Lipinski definition) is 3. The molecule has 1 saturated carbocycles. The average Bonchev–Trinajstić information content (AvgIpc) is 2.70. The third-order valence-corrected chi connectivity index (χ3v) is 4.80. The van der Waals surface area contributed by atoms with E-state index >= 15 is 0 Å². The van der Waals surface area contributed by atoms with E-state index in [0.29, 0.717) is 17.7 Å². The van der Waals surface area contributed by atoms with Crippen molar-refractivity contribution in [3.63, 3.8) is 0 Å². The summed E-state index contributed by atoms with van der Waals surface area (Å²) in [5, 5.41) is 6.73. The Hall–Kier alpha value is -0.360. The highest BCUT2D eigenvalue weighted by atomic mass is 32.2. The molecule has 4 nitrogen and oxygen atoms in total. The van der Waals surface area contributed by atoms with Crippen molar-refractivity contribution in [3.05, 3.63) is 0 Å². The molecule has 0 radical (unpaired) electrons. The van der Waals surface area contributed by atoms with Crippen LogP contribution in [0.5, 0.6) is 0 Å². The van der Waals surface area contributed by atoms with Gasteiger partial charge in [0, 0.05) is 18.3 Å². The minimum Gasteiger partial charge on any atom is -0.362 e. The van der Waals surface area contributed by atoms with E-state index in [4.69, 9.17) is 12.2 Å². The zero-order chi connectivity index (χ0) is 12.0. The average molecular weight is 264 g/mol. The molecule has 2 N–H and O–H groups in total. The summed E-state index contributed by atoms with van der Waals surface area (Å²) in [6, 6.07) is 0.475. The van der Waals surface area contributed by atoms with Crippen LogP contribution in [0.3, 0.4) is 0 Å². The lowest BCUT2D eigenvalue weighted by atomic mass is 10.3. The first-order chi connectivity index (χ1) is 7.53. The van der Waals surface area contributed by atoms with E-state index < -0.39 is 9.84 Å². The second-order valence-electron chi connectivity index (χ2n) is 4.12. The SMILES string of the molecule is CCS(=O)(=O)CCNC(=S)NC1CCCC1. The third kappa shape index (κ3) is 5.12. The van der Waals surface area contributed by atoms with Crippen LogP contribution in [-0.4, -0.2) is 37.6 Å². The lowest BCUT2D eigenvalue weighted by molar-refractivity contribution is 0.594. The highest BCUT2D eigenvalue weighted by Crippen LogP contribution is 2.17. The van der Waals surface area contributed by atoms with Crippen molar-refractivity contribution in [1.82, 2.24) is 10.6 Å². The molecule has 0 aromatic rings. The largest absolute Gasteiger partial charge is 0.362 e. The van der Waals surface area contributed by atoms with Crippen LogP contribution in [0.15, 0.2) is 0 Å². The van der Waals surface area contributed by atoms with Crippen LogP contribution >= 0.6 is 12.2 Å². The quantitative estimate of drug-likeness (QED) is 0.720. The van der Waals surface area contributed by atoms with Crippen LogP contribution in [-0.2, 0) is 9.84 Å². The molecule has 0 unspecified atom stereocenters. The number of sulfone groups is 1. The van der Waals surface area contributed by atoms with Gasteiger partial charge in [0.05, 0.1) is 5.75 Å². The molecule has 0 bridgehead atoms. The van der Waals surface area contributed by atoms with Crippen molar-refractivity contribution in [1.29, 1.82) is 0 Å². The molecule has 0 aromatic carbocycles. The smallest absolute Gasteiger partial charge is 0.166 e. The predicted octanol–water partition coefficient (Wildman–Crippen LogP) is 0.828. The molecule has 0 amide bonds. The Bertz CT molecular complexity index is 322. The van der Waals surface area contributed by atoms with Gasteiger partial charge in [0.1, 0.15) is 0 Å². The zero-order valence-corrected chi connectivity index (χ0v) is 11.3. The summed E-state index contributed by atoms with van der Waals surface area (Å²) in [5.74, 6) is 0.341. The van der Waals surface area contributed by atoms with Gasteiger partial charge in [-0.1, -0.05) is 19.8 Å². The second kappa shape index (κ2) is 6.39. The van der Waals surface area contributed by atoms with Gasteiger partial charge in [-0.05, 0) is 25.1 Å². The Labute approximate surface area is 103 Å². The molecule has 94 valence electrons. The first-order valence-electron chi connectivity index (χ1n) is 5.78. The van der Waals surface area contributed by atoms with Gasteiger partial charge in [-0.15, -0.1) is 0 Å². The fourth-order valence-corrected chi connectivity index (χ4v) is 2.74. The van der Waals surface area contributed by atoms with Crippen LogP contribution in [0.1, 0.15) is 32.6 Å². The van der Waals surface area contributed by atoms with Gasteiger partial charge >= 0.3 is 0 Å². The highest BCUT2D eigenvalue weighted by molar-refractivity contribution is 7.91. The molecule has 0 saturated heterocycles. The Kier molecular flexibility index (Phi) is 5.48. The molecule has 0 aromatic heterocycles. The van der Waals surface area contributed by atoms with E-state index in [9.17, 15) is 8.42 Å². The Morgan fingerprint density at radius 2 is 2.00 bits per heavy atom. The fourth-order valence-electron chi connectivity index (χ4n) is 1.77. The van der Waals surface area contributed by atoms with Gasteiger partial charge in [-0.3, -0.25) is 0 Å². The lowest BCUT2D eigenvalue weighted by Gasteiger charge is -2.15. The van der Waals surface area contributed by atoms with Crippen molar-refractivity contribution in [3.8, 4) is 0 Å². The minimum atomic E-state index is -2.89. The van der Waals surface area contributed by atoms with Gasteiger partial charge in [0.15, 0.2) is 14.9 Å². The Morgan fingerprint density at radius 1 is 1.38 bits per heavy atom. The molecule has 1 aliphatic rings. The van der Waals surface area contributed by atoms with Crippen molar-refractivity contribution in [2.75, 3.05) is 18.1 Å². The summed E-state index contributed by atoms with van der Waals surface area (Å²) < 4.78 is 22.4. The number of thiocarbonyl (C=S) groups is 1. The van der Waals surface area contributed by atoms with Gasteiger partial charge in [0.25, 0.3) is 0 Å². The maximum absolute atomic E-state index is 11.2. The summed E-state index contributed by atoms with van der Waals surface area (Å²) in [4.78, 5) is 0.